The SMILES string of the molecule is CCC(O)CNc1ccc(I)cc1Br. The minimum absolute atomic E-state index is 0.277. The maximum absolute atomic E-state index is 9.39. The van der Waals surface area contributed by atoms with E-state index in [0.29, 0.717) is 6.54 Å². The Labute approximate surface area is 106 Å². The lowest BCUT2D eigenvalue weighted by atomic mass is 10.2. The Bertz CT molecular complexity index is 306. The van der Waals surface area contributed by atoms with Crippen LogP contribution in [0.15, 0.2) is 22.7 Å². The number of hydrogen-bond acceptors (Lipinski definition) is 2. The van der Waals surface area contributed by atoms with Crippen LogP contribution in [0.25, 0.3) is 0 Å². The minimum Gasteiger partial charge on any atom is -0.391 e. The van der Waals surface area contributed by atoms with E-state index < -0.39 is 0 Å². The van der Waals surface area contributed by atoms with E-state index in [-0.39, 0.29) is 6.10 Å². The van der Waals surface area contributed by atoms with Gasteiger partial charge in [0.2, 0.25) is 0 Å². The van der Waals surface area contributed by atoms with Crippen LogP contribution in [0.4, 0.5) is 5.69 Å². The fourth-order valence-corrected chi connectivity index (χ4v) is 2.44. The zero-order valence-electron chi connectivity index (χ0n) is 7.93. The summed E-state index contributed by atoms with van der Waals surface area (Å²) in [6.07, 6.45) is 0.496. The van der Waals surface area contributed by atoms with Gasteiger partial charge in [0.15, 0.2) is 0 Å². The first-order valence-electron chi connectivity index (χ1n) is 4.50. The molecule has 4 heteroatoms. The van der Waals surface area contributed by atoms with Gasteiger partial charge in [0, 0.05) is 20.3 Å². The van der Waals surface area contributed by atoms with Gasteiger partial charge < -0.3 is 10.4 Å². The molecule has 0 aliphatic carbocycles. The second kappa shape index (κ2) is 5.92. The molecular formula is C10H13BrINO. The van der Waals surface area contributed by atoms with Crippen LogP contribution >= 0.6 is 38.5 Å². The third-order valence-corrected chi connectivity index (χ3v) is 3.26. The molecule has 0 aromatic heterocycles. The van der Waals surface area contributed by atoms with E-state index in [1.807, 2.05) is 25.1 Å². The third kappa shape index (κ3) is 3.74. The lowest BCUT2D eigenvalue weighted by Gasteiger charge is -2.12. The predicted molar refractivity (Wildman–Crippen MR) is 71.6 cm³/mol. The molecule has 0 fully saturated rings. The molecule has 0 spiro atoms. The van der Waals surface area contributed by atoms with E-state index in [0.717, 1.165) is 16.6 Å². The molecule has 0 bridgehead atoms. The van der Waals surface area contributed by atoms with Gasteiger partial charge in [0.1, 0.15) is 0 Å². The second-order valence-corrected chi connectivity index (χ2v) is 5.17. The lowest BCUT2D eigenvalue weighted by Crippen LogP contribution is -2.18. The van der Waals surface area contributed by atoms with Crippen molar-refractivity contribution >= 4 is 44.2 Å². The third-order valence-electron chi connectivity index (χ3n) is 1.93. The number of nitrogens with one attached hydrogen (secondary N) is 1. The summed E-state index contributed by atoms with van der Waals surface area (Å²) in [5.41, 5.74) is 1.03. The molecule has 14 heavy (non-hydrogen) atoms. The first kappa shape index (κ1) is 12.3. The van der Waals surface area contributed by atoms with E-state index >= 15 is 0 Å². The monoisotopic (exact) mass is 369 g/mol. The van der Waals surface area contributed by atoms with Crippen molar-refractivity contribution in [1.29, 1.82) is 0 Å². The highest BCUT2D eigenvalue weighted by atomic mass is 127. The van der Waals surface area contributed by atoms with Crippen LogP contribution in [0.1, 0.15) is 13.3 Å². The fraction of sp³-hybridized carbons (Fsp3) is 0.400. The van der Waals surface area contributed by atoms with Crippen LogP contribution in [-0.2, 0) is 0 Å². The maximum Gasteiger partial charge on any atom is 0.0709 e. The highest BCUT2D eigenvalue weighted by Crippen LogP contribution is 2.24. The minimum atomic E-state index is -0.277. The van der Waals surface area contributed by atoms with Crippen molar-refractivity contribution in [2.24, 2.45) is 0 Å². The molecule has 0 saturated heterocycles. The normalized spacial score (nSPS) is 12.6. The Morgan fingerprint density at radius 1 is 1.57 bits per heavy atom. The van der Waals surface area contributed by atoms with E-state index in [1.54, 1.807) is 0 Å². The predicted octanol–water partition coefficient (Wildman–Crippen LogP) is 3.24. The number of aliphatic hydroxyl groups excluding tert-OH is 1. The molecule has 0 aliphatic heterocycles. The average Bonchev–Trinajstić information content (AvgIpc) is 2.16. The highest BCUT2D eigenvalue weighted by molar-refractivity contribution is 14.1. The van der Waals surface area contributed by atoms with Gasteiger partial charge in [0.05, 0.1) is 6.10 Å². The summed E-state index contributed by atoms with van der Waals surface area (Å²) in [7, 11) is 0. The molecule has 1 unspecified atom stereocenters. The molecule has 1 aromatic carbocycles. The van der Waals surface area contributed by atoms with Crippen LogP contribution in [0.2, 0.25) is 0 Å². The molecule has 0 saturated carbocycles. The molecule has 1 rings (SSSR count). The first-order valence-corrected chi connectivity index (χ1v) is 6.37. The molecular weight excluding hydrogens is 357 g/mol. The zero-order chi connectivity index (χ0) is 10.6. The summed E-state index contributed by atoms with van der Waals surface area (Å²) in [5.74, 6) is 0. The van der Waals surface area contributed by atoms with E-state index in [9.17, 15) is 5.11 Å². The summed E-state index contributed by atoms with van der Waals surface area (Å²) >= 11 is 5.73. The summed E-state index contributed by atoms with van der Waals surface area (Å²) < 4.78 is 2.23. The topological polar surface area (TPSA) is 32.3 Å². The van der Waals surface area contributed by atoms with Crippen LogP contribution in [0.5, 0.6) is 0 Å². The van der Waals surface area contributed by atoms with Gasteiger partial charge in [0.25, 0.3) is 0 Å². The van der Waals surface area contributed by atoms with Crippen molar-refractivity contribution in [1.82, 2.24) is 0 Å². The number of halogens is 2. The number of rotatable bonds is 4. The van der Waals surface area contributed by atoms with Gasteiger partial charge in [-0.05, 0) is 63.1 Å². The lowest BCUT2D eigenvalue weighted by molar-refractivity contribution is 0.183. The van der Waals surface area contributed by atoms with Gasteiger partial charge in [-0.25, -0.2) is 0 Å². The first-order chi connectivity index (χ1) is 6.63. The quantitative estimate of drug-likeness (QED) is 0.798. The largest absolute Gasteiger partial charge is 0.391 e. The van der Waals surface area contributed by atoms with Gasteiger partial charge in [-0.3, -0.25) is 0 Å². The van der Waals surface area contributed by atoms with E-state index in [2.05, 4.69) is 43.8 Å². The van der Waals surface area contributed by atoms with Crippen LogP contribution in [0.3, 0.4) is 0 Å². The molecule has 0 aliphatic rings. The van der Waals surface area contributed by atoms with Crippen molar-refractivity contribution < 1.29 is 5.11 Å². The van der Waals surface area contributed by atoms with E-state index in [4.69, 9.17) is 0 Å². The number of aliphatic hydroxyl groups is 1. The molecule has 1 aromatic rings. The van der Waals surface area contributed by atoms with Crippen LogP contribution in [-0.4, -0.2) is 17.8 Å². The van der Waals surface area contributed by atoms with Gasteiger partial charge >= 0.3 is 0 Å². The summed E-state index contributed by atoms with van der Waals surface area (Å²) in [6, 6.07) is 6.08. The Kier molecular flexibility index (Phi) is 5.19. The maximum atomic E-state index is 9.39. The molecule has 0 heterocycles. The second-order valence-electron chi connectivity index (χ2n) is 3.07. The number of hydrogen-bond donors (Lipinski definition) is 2. The smallest absolute Gasteiger partial charge is 0.0709 e. The Morgan fingerprint density at radius 3 is 2.86 bits per heavy atom. The average molecular weight is 370 g/mol. The number of anilines is 1. The summed E-state index contributed by atoms with van der Waals surface area (Å²) in [6.45, 7) is 2.56. The molecule has 0 amide bonds. The van der Waals surface area contributed by atoms with Crippen molar-refractivity contribution in [3.05, 3.63) is 26.2 Å². The van der Waals surface area contributed by atoms with Crippen molar-refractivity contribution in [2.45, 2.75) is 19.4 Å². The van der Waals surface area contributed by atoms with Crippen molar-refractivity contribution in [2.75, 3.05) is 11.9 Å². The molecule has 0 radical (unpaired) electrons. The molecule has 78 valence electrons. The Balaban J connectivity index is 2.59. The van der Waals surface area contributed by atoms with Crippen LogP contribution in [0, 0.1) is 3.57 Å². The summed E-state index contributed by atoms with van der Waals surface area (Å²) in [4.78, 5) is 0. The number of benzene rings is 1. The van der Waals surface area contributed by atoms with Crippen molar-refractivity contribution in [3.63, 3.8) is 0 Å². The Hall–Kier alpha value is 0.190. The fourth-order valence-electron chi connectivity index (χ4n) is 1.00. The van der Waals surface area contributed by atoms with Gasteiger partial charge in [-0.2, -0.15) is 0 Å². The molecule has 2 N–H and O–H groups in total. The standard InChI is InChI=1S/C10H13BrINO/c1-2-8(14)6-13-10-4-3-7(12)5-9(10)11/h3-5,8,13-14H,2,6H2,1H3. The van der Waals surface area contributed by atoms with Gasteiger partial charge in [-0.1, -0.05) is 6.92 Å². The molecule has 2 nitrogen and oxygen atoms in total. The molecule has 1 atom stereocenters. The van der Waals surface area contributed by atoms with Gasteiger partial charge in [-0.15, -0.1) is 0 Å². The zero-order valence-corrected chi connectivity index (χ0v) is 11.7. The Morgan fingerprint density at radius 2 is 2.29 bits per heavy atom. The van der Waals surface area contributed by atoms with E-state index in [1.165, 1.54) is 3.57 Å². The summed E-state index contributed by atoms with van der Waals surface area (Å²) in [5, 5.41) is 12.6. The van der Waals surface area contributed by atoms with Crippen molar-refractivity contribution in [3.8, 4) is 0 Å². The van der Waals surface area contributed by atoms with Crippen LogP contribution < -0.4 is 5.32 Å². The highest BCUT2D eigenvalue weighted by Gasteiger charge is 2.03.